The monoisotopic (exact) mass is 456 g/mol. The molecule has 3 aromatic carbocycles. The number of nitrogens with zero attached hydrogens (tertiary/aromatic N) is 3. The molecule has 0 radical (unpaired) electrons. The zero-order valence-corrected chi connectivity index (χ0v) is 19.4. The molecule has 174 valence electrons. The Bertz CT molecular complexity index is 1290. The fourth-order valence-electron chi connectivity index (χ4n) is 4.66. The van der Waals surface area contributed by atoms with Gasteiger partial charge in [0.1, 0.15) is 5.82 Å². The molecule has 1 aromatic heterocycles. The van der Waals surface area contributed by atoms with E-state index in [1.165, 1.54) is 23.3 Å². The normalized spacial score (nSPS) is 14.5. The van der Waals surface area contributed by atoms with Crippen molar-refractivity contribution in [3.8, 4) is 0 Å². The first-order chi connectivity index (χ1) is 16.6. The first-order valence-corrected chi connectivity index (χ1v) is 11.8. The van der Waals surface area contributed by atoms with Crippen LogP contribution in [0.3, 0.4) is 0 Å². The van der Waals surface area contributed by atoms with Gasteiger partial charge >= 0.3 is 0 Å². The van der Waals surface area contributed by atoms with Crippen LogP contribution in [-0.2, 0) is 17.9 Å². The van der Waals surface area contributed by atoms with Gasteiger partial charge in [-0.2, -0.15) is 0 Å². The Hall–Kier alpha value is -3.67. The highest BCUT2D eigenvalue weighted by Crippen LogP contribution is 2.28. The third kappa shape index (κ3) is 4.81. The minimum atomic E-state index is -0.284. The topological polar surface area (TPSA) is 50.2 Å². The summed E-state index contributed by atoms with van der Waals surface area (Å²) in [5.74, 6) is 0.672. The minimum absolute atomic E-state index is 0.0390. The van der Waals surface area contributed by atoms with Crippen LogP contribution in [0, 0.1) is 18.7 Å². The van der Waals surface area contributed by atoms with E-state index in [2.05, 4.69) is 64.2 Å². The molecule has 5 rings (SSSR count). The van der Waals surface area contributed by atoms with E-state index >= 15 is 0 Å². The third-order valence-electron chi connectivity index (χ3n) is 6.60. The van der Waals surface area contributed by atoms with Crippen molar-refractivity contribution in [3.05, 3.63) is 95.3 Å². The molecule has 1 amide bonds. The maximum atomic E-state index is 13.4. The fraction of sp³-hybridized carbons (Fsp3) is 0.286. The van der Waals surface area contributed by atoms with Gasteiger partial charge in [-0.1, -0.05) is 54.1 Å². The highest BCUT2D eigenvalue weighted by Gasteiger charge is 2.27. The summed E-state index contributed by atoms with van der Waals surface area (Å²) in [4.78, 5) is 20.0. The molecule has 1 N–H and O–H groups in total. The number of rotatable bonds is 6. The number of benzene rings is 3. The molecule has 34 heavy (non-hydrogen) atoms. The minimum Gasteiger partial charge on any atom is -0.352 e. The van der Waals surface area contributed by atoms with Crippen molar-refractivity contribution < 1.29 is 9.18 Å². The Labute approximate surface area is 199 Å². The second-order valence-electron chi connectivity index (χ2n) is 9.08. The number of para-hydroxylation sites is 2. The lowest BCUT2D eigenvalue weighted by Gasteiger charge is -2.32. The number of anilines is 1. The van der Waals surface area contributed by atoms with E-state index in [4.69, 9.17) is 4.98 Å². The van der Waals surface area contributed by atoms with Gasteiger partial charge in [0.15, 0.2) is 0 Å². The maximum Gasteiger partial charge on any atom is 0.223 e. The number of amides is 1. The van der Waals surface area contributed by atoms with Gasteiger partial charge in [-0.3, -0.25) is 4.79 Å². The predicted octanol–water partition coefficient (Wildman–Crippen LogP) is 5.06. The zero-order chi connectivity index (χ0) is 23.5. The van der Waals surface area contributed by atoms with E-state index in [1.807, 2.05) is 12.1 Å². The van der Waals surface area contributed by atoms with Gasteiger partial charge in [-0.25, -0.2) is 9.37 Å². The molecule has 1 saturated heterocycles. The number of carbonyl (C=O) groups is 1. The van der Waals surface area contributed by atoms with Crippen LogP contribution >= 0.6 is 0 Å². The first-order valence-electron chi connectivity index (χ1n) is 11.8. The average molecular weight is 457 g/mol. The van der Waals surface area contributed by atoms with Gasteiger partial charge in [-0.05, 0) is 55.2 Å². The quantitative estimate of drug-likeness (QED) is 0.441. The van der Waals surface area contributed by atoms with Gasteiger partial charge < -0.3 is 14.8 Å². The molecule has 4 aromatic rings. The number of halogens is 1. The number of hydrogen-bond donors (Lipinski definition) is 1. The number of aromatic nitrogens is 2. The van der Waals surface area contributed by atoms with Crippen molar-refractivity contribution in [2.75, 3.05) is 18.0 Å². The van der Waals surface area contributed by atoms with Crippen molar-refractivity contribution >= 4 is 22.9 Å². The Morgan fingerprint density at radius 3 is 2.53 bits per heavy atom. The molecule has 1 fully saturated rings. The standard InChI is InChI=1S/C28H29FN4O/c1-20-9-11-21(12-10-20)19-33-26-8-3-2-7-25(26)31-28(33)32-15-13-23(14-16-32)27(34)30-18-22-5-4-6-24(29)17-22/h2-12,17,23H,13-16,18-19H2,1H3,(H,30,34). The van der Waals surface area contributed by atoms with E-state index in [0.717, 1.165) is 55.0 Å². The van der Waals surface area contributed by atoms with Crippen LogP contribution in [-0.4, -0.2) is 28.5 Å². The van der Waals surface area contributed by atoms with E-state index in [0.29, 0.717) is 6.54 Å². The molecule has 0 saturated carbocycles. The number of fused-ring (bicyclic) bond motifs is 1. The van der Waals surface area contributed by atoms with E-state index in [9.17, 15) is 9.18 Å². The van der Waals surface area contributed by atoms with Crippen molar-refractivity contribution in [1.29, 1.82) is 0 Å². The molecule has 1 aliphatic rings. The number of carbonyl (C=O) groups excluding carboxylic acids is 1. The lowest BCUT2D eigenvalue weighted by molar-refractivity contribution is -0.125. The molecule has 6 heteroatoms. The van der Waals surface area contributed by atoms with Crippen molar-refractivity contribution in [3.63, 3.8) is 0 Å². The molecule has 0 spiro atoms. The molecule has 0 aliphatic carbocycles. The van der Waals surface area contributed by atoms with Crippen LogP contribution in [0.25, 0.3) is 11.0 Å². The summed E-state index contributed by atoms with van der Waals surface area (Å²) in [6.07, 6.45) is 1.53. The lowest BCUT2D eigenvalue weighted by Crippen LogP contribution is -2.41. The molecule has 2 heterocycles. The lowest BCUT2D eigenvalue weighted by atomic mass is 9.96. The van der Waals surface area contributed by atoms with Crippen molar-refractivity contribution in [1.82, 2.24) is 14.9 Å². The first kappa shape index (κ1) is 22.1. The summed E-state index contributed by atoms with van der Waals surface area (Å²) in [7, 11) is 0. The molecular weight excluding hydrogens is 427 g/mol. The summed E-state index contributed by atoms with van der Waals surface area (Å²) < 4.78 is 15.7. The molecule has 0 unspecified atom stereocenters. The summed E-state index contributed by atoms with van der Waals surface area (Å²) in [5, 5.41) is 2.98. The third-order valence-corrected chi connectivity index (χ3v) is 6.60. The summed E-state index contributed by atoms with van der Waals surface area (Å²) in [6, 6.07) is 23.2. The summed E-state index contributed by atoms with van der Waals surface area (Å²) in [6.45, 7) is 4.75. The van der Waals surface area contributed by atoms with Crippen LogP contribution < -0.4 is 10.2 Å². The van der Waals surface area contributed by atoms with Crippen LogP contribution in [0.2, 0.25) is 0 Å². The number of hydrogen-bond acceptors (Lipinski definition) is 3. The molecule has 0 atom stereocenters. The fourth-order valence-corrected chi connectivity index (χ4v) is 4.66. The van der Waals surface area contributed by atoms with Crippen molar-refractivity contribution in [2.45, 2.75) is 32.9 Å². The number of nitrogens with one attached hydrogen (secondary N) is 1. The summed E-state index contributed by atoms with van der Waals surface area (Å²) >= 11 is 0. The summed E-state index contributed by atoms with van der Waals surface area (Å²) in [5.41, 5.74) is 5.36. The largest absolute Gasteiger partial charge is 0.352 e. The molecule has 5 nitrogen and oxygen atoms in total. The van der Waals surface area contributed by atoms with Crippen LogP contribution in [0.4, 0.5) is 10.3 Å². The maximum absolute atomic E-state index is 13.4. The average Bonchev–Trinajstić information content (AvgIpc) is 3.22. The van der Waals surface area contributed by atoms with Gasteiger partial charge in [0, 0.05) is 25.6 Å². The molecule has 1 aliphatic heterocycles. The van der Waals surface area contributed by atoms with Gasteiger partial charge in [0.2, 0.25) is 11.9 Å². The van der Waals surface area contributed by atoms with Crippen molar-refractivity contribution in [2.24, 2.45) is 5.92 Å². The van der Waals surface area contributed by atoms with E-state index in [1.54, 1.807) is 6.07 Å². The number of imidazole rings is 1. The predicted molar refractivity (Wildman–Crippen MR) is 133 cm³/mol. The van der Waals surface area contributed by atoms with Crippen LogP contribution in [0.5, 0.6) is 0 Å². The SMILES string of the molecule is Cc1ccc(Cn2c(N3CCC(C(=O)NCc4cccc(F)c4)CC3)nc3ccccc32)cc1. The van der Waals surface area contributed by atoms with E-state index < -0.39 is 0 Å². The van der Waals surface area contributed by atoms with E-state index in [-0.39, 0.29) is 17.6 Å². The highest BCUT2D eigenvalue weighted by molar-refractivity contribution is 5.80. The molecule has 0 bridgehead atoms. The van der Waals surface area contributed by atoms with Crippen LogP contribution in [0.1, 0.15) is 29.5 Å². The number of piperidine rings is 1. The van der Waals surface area contributed by atoms with Gasteiger partial charge in [0.05, 0.1) is 17.6 Å². The Balaban J connectivity index is 1.28. The second-order valence-corrected chi connectivity index (χ2v) is 9.08. The smallest absolute Gasteiger partial charge is 0.223 e. The Kier molecular flexibility index (Phi) is 6.30. The zero-order valence-electron chi connectivity index (χ0n) is 19.4. The van der Waals surface area contributed by atoms with Crippen LogP contribution in [0.15, 0.2) is 72.8 Å². The van der Waals surface area contributed by atoms with Gasteiger partial charge in [0.25, 0.3) is 0 Å². The molecular formula is C28H29FN4O. The Morgan fingerprint density at radius 2 is 1.76 bits per heavy atom. The number of aryl methyl sites for hydroxylation is 1. The highest BCUT2D eigenvalue weighted by atomic mass is 19.1. The Morgan fingerprint density at radius 1 is 1.00 bits per heavy atom. The second kappa shape index (κ2) is 9.67. The van der Waals surface area contributed by atoms with Gasteiger partial charge in [-0.15, -0.1) is 0 Å².